The molecule has 0 radical (unpaired) electrons. The van der Waals surface area contributed by atoms with Gasteiger partial charge in [-0.2, -0.15) is 0 Å². The van der Waals surface area contributed by atoms with Crippen LogP contribution in [0, 0.1) is 58.9 Å². The standard InChI is InChI=1S/C24H21F2N5O6.C15H12FN3O4.C11H15FN2O3.C9H10BrFN2O2.C9H11FN2O2.C7H7ClFNO2.C5H3ClFNO.CH4/c1-35-15-3-2-12-10-31(21(32)18(12)19(15)26)11-24(22(33)28-23(34)29-24)17-9-14-16(37-17)8-13(25)20(27-14)30-4-6-36-7-5-30;1-3-15(13(21)17-14(22)18-15)7-19-6-8-4-5-9(23-2)11(16)10(8)12(19)20;1-15-8-17-9-6-10(12)11(13-7-9)14-2-4-16-5-3-14;10-8-7(14)5-6(11)9(12-8)13-1-3-15-4-2-13;10-8-5-7(13)6-11-9(8)12-1-3-14-4-2-12;1-11-4-12-5-2-6(9)7(8)10-3-5;6-5-4(7)1-3(9)2-8-5;/h2-3,8-9H,4-7,10-11H2,1H3,(H2,28,29,33,34);1,4-5H,6-7H2,2H3,(H2,17,18,21,22);6-7H,2-5,8H2,1H3;5,14H,1-4H2;5-6,13H,1-4H2;2-3H,4H2,1H3;1-2,9H;1H4/t24-;15-;;;;;;/m01....../s1. The van der Waals surface area contributed by atoms with E-state index in [0.717, 1.165) is 36.5 Å². The lowest BCUT2D eigenvalue weighted by Gasteiger charge is -2.28. The molecule has 0 saturated carbocycles. The van der Waals surface area contributed by atoms with Gasteiger partial charge in [0.2, 0.25) is 0 Å². The molecule has 2 atom stereocenters. The lowest BCUT2D eigenvalue weighted by Crippen LogP contribution is -2.54. The van der Waals surface area contributed by atoms with E-state index in [1.165, 1.54) is 81.1 Å². The average Bonchev–Trinajstić information content (AvgIpc) is 1.59. The highest BCUT2D eigenvalue weighted by Gasteiger charge is 2.54. The fourth-order valence-electron chi connectivity index (χ4n) is 13.2. The van der Waals surface area contributed by atoms with Gasteiger partial charge in [-0.15, -0.1) is 6.42 Å². The van der Waals surface area contributed by atoms with Crippen molar-refractivity contribution in [3.05, 3.63) is 181 Å². The summed E-state index contributed by atoms with van der Waals surface area (Å²) in [6, 6.07) is 12.5. The quantitative estimate of drug-likeness (QED) is 0.0147. The van der Waals surface area contributed by atoms with Crippen LogP contribution in [0.3, 0.4) is 0 Å². The minimum absolute atomic E-state index is 0. The van der Waals surface area contributed by atoms with Crippen LogP contribution >= 0.6 is 39.1 Å². The van der Waals surface area contributed by atoms with Crippen LogP contribution < -0.4 is 59.8 Å². The molecule has 128 heavy (non-hydrogen) atoms. The zero-order valence-corrected chi connectivity index (χ0v) is 70.7. The molecule has 8 aliphatic heterocycles. The fraction of sp³-hybridized carbons (Fsp3) is 0.358. The van der Waals surface area contributed by atoms with Gasteiger partial charge >= 0.3 is 12.1 Å². The molecule has 17 rings (SSSR count). The Labute approximate surface area is 742 Å². The number of benzene rings is 2. The van der Waals surface area contributed by atoms with Gasteiger partial charge in [-0.1, -0.05) is 48.7 Å². The van der Waals surface area contributed by atoms with Gasteiger partial charge in [-0.05, 0) is 39.2 Å². The summed E-state index contributed by atoms with van der Waals surface area (Å²) in [5, 5.41) is 35.5. The molecule has 15 heterocycles. The number of imide groups is 2. The summed E-state index contributed by atoms with van der Waals surface area (Å²) >= 11 is 13.6. The number of carbonyl (C=O) groups excluding carboxylic acids is 6. The molecule has 0 unspecified atom stereocenters. The smallest absolute Gasteiger partial charge is 0.323 e. The summed E-state index contributed by atoms with van der Waals surface area (Å²) < 4.78 is 166. The first-order chi connectivity index (χ1) is 60.9. The molecule has 47 heteroatoms. The van der Waals surface area contributed by atoms with Gasteiger partial charge in [0, 0.05) is 122 Å². The zero-order chi connectivity index (χ0) is 91.4. The Bertz CT molecular complexity index is 5550. The number of rotatable bonds is 17. The van der Waals surface area contributed by atoms with Crippen molar-refractivity contribution in [3.63, 3.8) is 0 Å². The number of aromatic hydroxyl groups is 3. The maximum atomic E-state index is 14.9. The van der Waals surface area contributed by atoms with E-state index in [-0.39, 0.29) is 142 Å². The molecule has 8 aliphatic rings. The predicted molar refractivity (Wildman–Crippen MR) is 443 cm³/mol. The van der Waals surface area contributed by atoms with E-state index in [9.17, 15) is 69.0 Å². The number of halogens is 11. The second kappa shape index (κ2) is 44.7. The van der Waals surface area contributed by atoms with Crippen molar-refractivity contribution in [2.75, 3.05) is 180 Å². The van der Waals surface area contributed by atoms with Crippen LogP contribution in [-0.4, -0.2) is 257 Å². The minimum Gasteiger partial charge on any atom is -0.506 e. The molecular formula is C81H83BrCl2F8N16O20. The Morgan fingerprint density at radius 3 is 1.34 bits per heavy atom. The monoisotopic (exact) mass is 1900 g/mol. The van der Waals surface area contributed by atoms with Crippen molar-refractivity contribution in [2.24, 2.45) is 0 Å². The SMILES string of the molecule is C.C#C[C@]1(CN2Cc3ccc(OC)c(F)c3C2=O)NC(=O)NC1=O.COCOc1cnc(Cl)c(F)c1.COCOc1cnc(N2CCOCC2)c(F)c1.COc1ccc2c(c1F)C(=O)N(C[C@@]1(c3cc4nc(N5CCOCC5)c(F)cc4o3)NC(=O)NC1=O)C2.Oc1cc(F)c(N2CCOCC2)nc1Br.Oc1cnc(Cl)c(F)c1.Oc1cnc(N2CCOCC2)c(F)c1. The Kier molecular flexibility index (Phi) is 34.0. The normalized spacial score (nSPS) is 17.8. The molecule has 6 saturated heterocycles. The number of furan rings is 1. The van der Waals surface area contributed by atoms with Crippen molar-refractivity contribution in [2.45, 2.75) is 31.6 Å². The second-order valence-corrected chi connectivity index (χ2v) is 29.1. The van der Waals surface area contributed by atoms with Crippen LogP contribution in [-0.2, 0) is 56.6 Å². The number of hydrogen-bond donors (Lipinski definition) is 7. The molecule has 6 fully saturated rings. The van der Waals surface area contributed by atoms with E-state index in [0.29, 0.717) is 134 Å². The lowest BCUT2D eigenvalue weighted by atomic mass is 9.95. The van der Waals surface area contributed by atoms with Crippen molar-refractivity contribution in [1.82, 2.24) is 61.0 Å². The number of urea groups is 2. The molecule has 7 aromatic heterocycles. The van der Waals surface area contributed by atoms with Crippen LogP contribution in [0.5, 0.6) is 40.2 Å². The van der Waals surface area contributed by atoms with Gasteiger partial charge in [-0.25, -0.2) is 74.6 Å². The number of carbonyl (C=O) groups is 6. The van der Waals surface area contributed by atoms with E-state index in [1.807, 2.05) is 10.2 Å². The molecule has 0 bridgehead atoms. The number of morpholine rings is 4. The van der Waals surface area contributed by atoms with E-state index in [4.69, 9.17) is 86.9 Å². The van der Waals surface area contributed by atoms with E-state index >= 15 is 0 Å². The van der Waals surface area contributed by atoms with Gasteiger partial charge < -0.3 is 107 Å². The molecule has 0 spiro atoms. The highest BCUT2D eigenvalue weighted by molar-refractivity contribution is 9.10. The molecule has 2 aromatic carbocycles. The number of methoxy groups -OCH3 is 4. The highest BCUT2D eigenvalue weighted by atomic mass is 79.9. The second-order valence-electron chi connectivity index (χ2n) is 27.6. The average molecular weight is 1900 g/mol. The summed E-state index contributed by atoms with van der Waals surface area (Å²) in [6.07, 6.45) is 10.5. The van der Waals surface area contributed by atoms with Crippen LogP contribution in [0.4, 0.5) is 68.0 Å². The molecule has 8 amide bonds. The van der Waals surface area contributed by atoms with Gasteiger partial charge in [-0.3, -0.25) is 29.8 Å². The molecule has 7 N–H and O–H groups in total. The number of nitrogens with one attached hydrogen (secondary N) is 4. The molecule has 0 aliphatic carbocycles. The predicted octanol–water partition coefficient (Wildman–Crippen LogP) is 9.04. The third-order valence-corrected chi connectivity index (χ3v) is 20.5. The third-order valence-electron chi connectivity index (χ3n) is 19.4. The number of hydrogen-bond acceptors (Lipinski definition) is 30. The zero-order valence-electron chi connectivity index (χ0n) is 67.6. The summed E-state index contributed by atoms with van der Waals surface area (Å²) in [6.45, 7) is 8.70. The first-order valence-electron chi connectivity index (χ1n) is 38.0. The van der Waals surface area contributed by atoms with Gasteiger partial charge in [0.25, 0.3) is 23.6 Å². The van der Waals surface area contributed by atoms with Gasteiger partial charge in [0.05, 0.1) is 116 Å². The molecule has 9 aromatic rings. The summed E-state index contributed by atoms with van der Waals surface area (Å²) in [5.41, 5.74) is -2.58. The largest absolute Gasteiger partial charge is 0.506 e. The van der Waals surface area contributed by atoms with Crippen LogP contribution in [0.15, 0.2) is 101 Å². The van der Waals surface area contributed by atoms with Crippen molar-refractivity contribution >= 4 is 109 Å². The van der Waals surface area contributed by atoms with E-state index in [2.05, 4.69) is 72.4 Å². The lowest BCUT2D eigenvalue weighted by molar-refractivity contribution is -0.125. The first-order valence-corrected chi connectivity index (χ1v) is 39.5. The van der Waals surface area contributed by atoms with Gasteiger partial charge in [0.15, 0.2) is 128 Å². The number of pyridine rings is 6. The highest BCUT2D eigenvalue weighted by Crippen LogP contribution is 2.39. The van der Waals surface area contributed by atoms with E-state index in [1.54, 1.807) is 26.8 Å². The Morgan fingerprint density at radius 1 is 0.508 bits per heavy atom. The Morgan fingerprint density at radius 2 is 0.914 bits per heavy atom. The number of fused-ring (bicyclic) bond motifs is 3. The third kappa shape index (κ3) is 23.6. The number of aromatic nitrogens is 6. The number of ether oxygens (including phenoxy) is 10. The summed E-state index contributed by atoms with van der Waals surface area (Å²) in [4.78, 5) is 107. The number of terminal acetylenes is 1. The number of nitrogens with zero attached hydrogens (tertiary/aromatic N) is 12. The number of anilines is 4. The van der Waals surface area contributed by atoms with Crippen LogP contribution in [0.1, 0.15) is 45.0 Å². The van der Waals surface area contributed by atoms with Crippen molar-refractivity contribution in [3.8, 4) is 52.6 Å². The summed E-state index contributed by atoms with van der Waals surface area (Å²) in [7, 11) is 5.57. The fourth-order valence-corrected chi connectivity index (χ4v) is 13.7. The summed E-state index contributed by atoms with van der Waals surface area (Å²) in [5.74, 6) is -4.54. The van der Waals surface area contributed by atoms with Crippen LogP contribution in [0.25, 0.3) is 11.1 Å². The maximum Gasteiger partial charge on any atom is 0.323 e. The molecular weight excluding hydrogens is 1820 g/mol. The Hall–Kier alpha value is -12.7. The van der Waals surface area contributed by atoms with Crippen molar-refractivity contribution in [1.29, 1.82) is 0 Å². The molecule has 684 valence electrons. The Balaban J connectivity index is 0.000000164. The maximum absolute atomic E-state index is 14.9. The molecule has 36 nitrogen and oxygen atoms in total. The first kappa shape index (κ1) is 97.5. The van der Waals surface area contributed by atoms with Crippen molar-refractivity contribution < 1.29 is 131 Å². The van der Waals surface area contributed by atoms with Crippen LogP contribution in [0.2, 0.25) is 10.3 Å². The number of amides is 8. The van der Waals surface area contributed by atoms with Gasteiger partial charge in [0.1, 0.15) is 38.9 Å². The van der Waals surface area contributed by atoms with E-state index < -0.39 is 87.5 Å². The minimum atomic E-state index is -1.84. The topological polar surface area (TPSA) is 413 Å².